The van der Waals surface area contributed by atoms with Crippen LogP contribution in [0.25, 0.3) is 0 Å². The molecule has 0 aromatic carbocycles. The number of aromatic nitrogens is 3. The zero-order valence-electron chi connectivity index (χ0n) is 13.1. The minimum Gasteiger partial charge on any atom is -0.374 e. The van der Waals surface area contributed by atoms with Crippen LogP contribution < -0.4 is 0 Å². The summed E-state index contributed by atoms with van der Waals surface area (Å²) in [5, 5.41) is 7.76. The van der Waals surface area contributed by atoms with Gasteiger partial charge in [-0.1, -0.05) is 31.5 Å². The Bertz CT molecular complexity index is 505. The fraction of sp³-hybridized carbons (Fsp3) is 0.800. The summed E-state index contributed by atoms with van der Waals surface area (Å²) in [7, 11) is 0. The highest BCUT2D eigenvalue weighted by atomic mass is 32.2. The molecule has 1 N–H and O–H groups in total. The molecule has 1 aromatic heterocycles. The number of hydrogen-bond acceptors (Lipinski definition) is 5. The minimum absolute atomic E-state index is 0.187. The van der Waals surface area contributed by atoms with Gasteiger partial charge in [0, 0.05) is 13.0 Å². The second kappa shape index (κ2) is 7.46. The molecule has 7 heteroatoms. The molecule has 1 aliphatic heterocycles. The number of hydrogen-bond donors (Lipinski definition) is 1. The molecule has 6 nitrogen and oxygen atoms in total. The molecule has 22 heavy (non-hydrogen) atoms. The van der Waals surface area contributed by atoms with Gasteiger partial charge in [-0.2, -0.15) is 0 Å². The average Bonchev–Trinajstić information content (AvgIpc) is 3.00. The molecule has 2 atom stereocenters. The minimum atomic E-state index is 0.187. The lowest BCUT2D eigenvalue weighted by Gasteiger charge is -2.43. The Labute approximate surface area is 135 Å². The number of nitrogens with zero attached hydrogens (tertiary/aromatic N) is 3. The number of ether oxygens (including phenoxy) is 1. The summed E-state index contributed by atoms with van der Waals surface area (Å²) < 4.78 is 5.82. The van der Waals surface area contributed by atoms with Crippen LogP contribution in [0.2, 0.25) is 0 Å². The van der Waals surface area contributed by atoms with Gasteiger partial charge in [-0.15, -0.1) is 5.10 Å². The Hall–Kier alpha value is -1.08. The molecule has 1 aromatic rings. The Balaban J connectivity index is 1.54. The van der Waals surface area contributed by atoms with Gasteiger partial charge in [0.15, 0.2) is 0 Å². The number of thioether (sulfide) groups is 1. The number of aryl methyl sites for hydroxylation is 1. The number of morpholine rings is 1. The van der Waals surface area contributed by atoms with Gasteiger partial charge in [-0.05, 0) is 19.3 Å². The molecule has 122 valence electrons. The molecule has 0 bridgehead atoms. The lowest BCUT2D eigenvalue weighted by Crippen LogP contribution is -2.55. The standard InChI is InChI=1S/C15H24N4O2S/c1-2-5-13-16-15(18-17-13)22-10-14(20)19-8-9-21-12-7-4-3-6-11(12)19/h11-12H,2-10H2,1H3,(H,16,17,18)/t11-,12-/m1/s1. The van der Waals surface area contributed by atoms with Crippen LogP contribution in [0, 0.1) is 0 Å². The highest BCUT2D eigenvalue weighted by molar-refractivity contribution is 7.99. The summed E-state index contributed by atoms with van der Waals surface area (Å²) in [4.78, 5) is 19.0. The molecule has 1 amide bonds. The number of aromatic amines is 1. The number of amides is 1. The third-order valence-electron chi connectivity index (χ3n) is 4.38. The van der Waals surface area contributed by atoms with Crippen molar-refractivity contribution < 1.29 is 9.53 Å². The number of fused-ring (bicyclic) bond motifs is 1. The van der Waals surface area contributed by atoms with Gasteiger partial charge in [-0.25, -0.2) is 4.98 Å². The van der Waals surface area contributed by atoms with Gasteiger partial charge >= 0.3 is 0 Å². The van der Waals surface area contributed by atoms with Crippen LogP contribution in [0.4, 0.5) is 0 Å². The first-order valence-electron chi connectivity index (χ1n) is 8.23. The summed E-state index contributed by atoms with van der Waals surface area (Å²) in [6.45, 7) is 3.49. The first-order chi connectivity index (χ1) is 10.8. The van der Waals surface area contributed by atoms with E-state index in [9.17, 15) is 4.79 Å². The second-order valence-corrected chi connectivity index (χ2v) is 6.89. The second-order valence-electron chi connectivity index (χ2n) is 5.95. The van der Waals surface area contributed by atoms with Gasteiger partial charge in [0.1, 0.15) is 5.82 Å². The van der Waals surface area contributed by atoms with E-state index in [1.807, 2.05) is 4.90 Å². The number of rotatable bonds is 5. The molecule has 2 heterocycles. The Morgan fingerprint density at radius 1 is 1.45 bits per heavy atom. The van der Waals surface area contributed by atoms with Gasteiger partial charge < -0.3 is 9.64 Å². The van der Waals surface area contributed by atoms with E-state index in [-0.39, 0.29) is 18.1 Å². The van der Waals surface area contributed by atoms with E-state index >= 15 is 0 Å². The van der Waals surface area contributed by atoms with Crippen molar-refractivity contribution >= 4 is 17.7 Å². The average molecular weight is 324 g/mol. The summed E-state index contributed by atoms with van der Waals surface area (Å²) >= 11 is 1.42. The van der Waals surface area contributed by atoms with E-state index in [1.165, 1.54) is 24.6 Å². The molecule has 3 rings (SSSR count). The SMILES string of the molecule is CCCc1nc(SCC(=O)N2CCO[C@@H]3CCCC[C@H]32)n[nH]1. The number of nitrogens with one attached hydrogen (secondary N) is 1. The van der Waals surface area contributed by atoms with Crippen LogP contribution >= 0.6 is 11.8 Å². The van der Waals surface area contributed by atoms with Crippen LogP contribution in [0.1, 0.15) is 44.9 Å². The van der Waals surface area contributed by atoms with Gasteiger partial charge in [0.25, 0.3) is 0 Å². The lowest BCUT2D eigenvalue weighted by atomic mass is 9.90. The monoisotopic (exact) mass is 324 g/mol. The Morgan fingerprint density at radius 3 is 3.18 bits per heavy atom. The third kappa shape index (κ3) is 3.63. The molecule has 1 saturated carbocycles. The van der Waals surface area contributed by atoms with Crippen molar-refractivity contribution in [3.8, 4) is 0 Å². The van der Waals surface area contributed by atoms with E-state index in [0.29, 0.717) is 17.5 Å². The molecular weight excluding hydrogens is 300 g/mol. The summed E-state index contributed by atoms with van der Waals surface area (Å²) in [5.41, 5.74) is 0. The highest BCUT2D eigenvalue weighted by Crippen LogP contribution is 2.29. The summed E-state index contributed by atoms with van der Waals surface area (Å²) in [6, 6.07) is 0.276. The zero-order valence-corrected chi connectivity index (χ0v) is 13.9. The maximum atomic E-state index is 12.5. The fourth-order valence-electron chi connectivity index (χ4n) is 3.31. The largest absolute Gasteiger partial charge is 0.374 e. The molecule has 0 unspecified atom stereocenters. The van der Waals surface area contributed by atoms with Crippen LogP contribution in [-0.4, -0.2) is 57.0 Å². The maximum Gasteiger partial charge on any atom is 0.233 e. The van der Waals surface area contributed by atoms with Gasteiger partial charge in [-0.3, -0.25) is 9.89 Å². The van der Waals surface area contributed by atoms with Crippen LogP contribution in [0.3, 0.4) is 0 Å². The molecule has 2 fully saturated rings. The van der Waals surface area contributed by atoms with E-state index in [2.05, 4.69) is 22.1 Å². The topological polar surface area (TPSA) is 71.1 Å². The quantitative estimate of drug-likeness (QED) is 0.839. The van der Waals surface area contributed by atoms with Crippen LogP contribution in [-0.2, 0) is 16.0 Å². The van der Waals surface area contributed by atoms with Crippen LogP contribution in [0.15, 0.2) is 5.16 Å². The first kappa shape index (κ1) is 15.8. The molecule has 1 saturated heterocycles. The van der Waals surface area contributed by atoms with E-state index < -0.39 is 0 Å². The molecule has 1 aliphatic carbocycles. The molecule has 0 spiro atoms. The number of carbonyl (C=O) groups excluding carboxylic acids is 1. The van der Waals surface area contributed by atoms with Crippen molar-refractivity contribution in [1.82, 2.24) is 20.1 Å². The van der Waals surface area contributed by atoms with Crippen molar-refractivity contribution in [3.05, 3.63) is 5.82 Å². The van der Waals surface area contributed by atoms with E-state index in [0.717, 1.165) is 38.1 Å². The van der Waals surface area contributed by atoms with Crippen molar-refractivity contribution in [2.45, 2.75) is 62.8 Å². The smallest absolute Gasteiger partial charge is 0.233 e. The van der Waals surface area contributed by atoms with Gasteiger partial charge in [0.05, 0.1) is 24.5 Å². The van der Waals surface area contributed by atoms with Crippen molar-refractivity contribution in [2.24, 2.45) is 0 Å². The zero-order chi connectivity index (χ0) is 15.4. The predicted molar refractivity (Wildman–Crippen MR) is 84.8 cm³/mol. The Morgan fingerprint density at radius 2 is 2.32 bits per heavy atom. The highest BCUT2D eigenvalue weighted by Gasteiger charge is 2.36. The van der Waals surface area contributed by atoms with Crippen LogP contribution in [0.5, 0.6) is 0 Å². The first-order valence-corrected chi connectivity index (χ1v) is 9.21. The van der Waals surface area contributed by atoms with Crippen molar-refractivity contribution in [1.29, 1.82) is 0 Å². The molecule has 0 radical (unpaired) electrons. The number of carbonyl (C=O) groups is 1. The number of H-pyrrole nitrogens is 1. The fourth-order valence-corrected chi connectivity index (χ4v) is 4.01. The molecular formula is C15H24N4O2S. The Kier molecular flexibility index (Phi) is 5.36. The maximum absolute atomic E-state index is 12.5. The summed E-state index contributed by atoms with van der Waals surface area (Å²) in [5.74, 6) is 1.50. The normalized spacial score (nSPS) is 25.0. The van der Waals surface area contributed by atoms with Crippen molar-refractivity contribution in [2.75, 3.05) is 18.9 Å². The molecule has 2 aliphatic rings. The lowest BCUT2D eigenvalue weighted by molar-refractivity contribution is -0.146. The van der Waals surface area contributed by atoms with E-state index in [1.54, 1.807) is 0 Å². The summed E-state index contributed by atoms with van der Waals surface area (Å²) in [6.07, 6.45) is 6.75. The van der Waals surface area contributed by atoms with E-state index in [4.69, 9.17) is 4.74 Å². The van der Waals surface area contributed by atoms with Crippen molar-refractivity contribution in [3.63, 3.8) is 0 Å². The predicted octanol–water partition coefficient (Wildman–Crippen LogP) is 2.02. The third-order valence-corrected chi connectivity index (χ3v) is 5.21. The van der Waals surface area contributed by atoms with Gasteiger partial charge in [0.2, 0.25) is 11.1 Å².